The van der Waals surface area contributed by atoms with Gasteiger partial charge in [0.2, 0.25) is 0 Å². The van der Waals surface area contributed by atoms with Crippen molar-refractivity contribution in [3.8, 4) is 5.75 Å². The molecule has 2 aromatic carbocycles. The minimum atomic E-state index is -0.445. The maximum atomic E-state index is 12.3. The van der Waals surface area contributed by atoms with Gasteiger partial charge in [-0.3, -0.25) is 5.32 Å². The summed E-state index contributed by atoms with van der Waals surface area (Å²) >= 11 is 0. The van der Waals surface area contributed by atoms with E-state index in [9.17, 15) is 4.79 Å². The molecule has 0 saturated heterocycles. The van der Waals surface area contributed by atoms with Crippen LogP contribution in [-0.2, 0) is 6.42 Å². The lowest BCUT2D eigenvalue weighted by molar-refractivity contribution is 0.215. The van der Waals surface area contributed by atoms with Crippen LogP contribution in [0.1, 0.15) is 63.0 Å². The molecule has 0 radical (unpaired) electrons. The Bertz CT molecular complexity index is 838. The molecule has 1 heterocycles. The van der Waals surface area contributed by atoms with Crippen molar-refractivity contribution in [1.82, 2.24) is 0 Å². The Kier molecular flexibility index (Phi) is 6.08. The van der Waals surface area contributed by atoms with Gasteiger partial charge in [0, 0.05) is 24.5 Å². The quantitative estimate of drug-likeness (QED) is 0.643. The van der Waals surface area contributed by atoms with Crippen molar-refractivity contribution in [2.45, 2.75) is 58.3 Å². The van der Waals surface area contributed by atoms with Crippen molar-refractivity contribution in [2.24, 2.45) is 5.92 Å². The number of benzene rings is 2. The predicted molar refractivity (Wildman–Crippen MR) is 119 cm³/mol. The van der Waals surface area contributed by atoms with Gasteiger partial charge in [0.1, 0.15) is 5.75 Å². The molecule has 0 aromatic heterocycles. The highest BCUT2D eigenvalue weighted by molar-refractivity contribution is 5.86. The lowest BCUT2D eigenvalue weighted by atomic mass is 9.89. The van der Waals surface area contributed by atoms with Crippen LogP contribution >= 0.6 is 0 Å². The minimum Gasteiger partial charge on any atom is -0.410 e. The molecule has 1 aliphatic heterocycles. The molecular weight excluding hydrogens is 360 g/mol. The van der Waals surface area contributed by atoms with Crippen molar-refractivity contribution in [3.05, 3.63) is 53.6 Å². The van der Waals surface area contributed by atoms with E-state index in [1.807, 2.05) is 36.4 Å². The minimum absolute atomic E-state index is 0.445. The normalized spacial score (nSPS) is 16.7. The Hall–Kier alpha value is -2.49. The van der Waals surface area contributed by atoms with Gasteiger partial charge >= 0.3 is 6.09 Å². The molecule has 4 nitrogen and oxygen atoms in total. The second kappa shape index (κ2) is 8.89. The molecule has 1 amide bonds. The lowest BCUT2D eigenvalue weighted by Gasteiger charge is -2.28. The third-order valence-electron chi connectivity index (χ3n) is 6.28. The number of carbonyl (C=O) groups excluding carboxylic acids is 1. The maximum Gasteiger partial charge on any atom is 0.417 e. The van der Waals surface area contributed by atoms with Gasteiger partial charge in [-0.25, -0.2) is 4.79 Å². The summed E-state index contributed by atoms with van der Waals surface area (Å²) in [5, 5.41) is 2.82. The summed E-state index contributed by atoms with van der Waals surface area (Å²) in [5.74, 6) is 1.91. The van der Waals surface area contributed by atoms with Crippen LogP contribution in [0, 0.1) is 5.92 Å². The molecule has 1 fully saturated rings. The van der Waals surface area contributed by atoms with Crippen LogP contribution in [0.5, 0.6) is 5.75 Å². The average Bonchev–Trinajstić information content (AvgIpc) is 3.11. The number of hydrogen-bond acceptors (Lipinski definition) is 3. The van der Waals surface area contributed by atoms with E-state index in [0.717, 1.165) is 24.6 Å². The van der Waals surface area contributed by atoms with E-state index in [-0.39, 0.29) is 0 Å². The van der Waals surface area contributed by atoms with Crippen LogP contribution in [0.3, 0.4) is 0 Å². The third kappa shape index (κ3) is 4.92. The lowest BCUT2D eigenvalue weighted by Crippen LogP contribution is -2.28. The summed E-state index contributed by atoms with van der Waals surface area (Å²) < 4.78 is 5.54. The first-order valence-electron chi connectivity index (χ1n) is 11.0. The van der Waals surface area contributed by atoms with Crippen molar-refractivity contribution in [1.29, 1.82) is 0 Å². The fourth-order valence-corrected chi connectivity index (χ4v) is 4.58. The zero-order valence-electron chi connectivity index (χ0n) is 17.6. The summed E-state index contributed by atoms with van der Waals surface area (Å²) in [7, 11) is 0. The van der Waals surface area contributed by atoms with E-state index in [1.54, 1.807) is 0 Å². The second-order valence-corrected chi connectivity index (χ2v) is 8.78. The summed E-state index contributed by atoms with van der Waals surface area (Å²) in [6, 6.07) is 14.0. The number of rotatable bonds is 5. The summed E-state index contributed by atoms with van der Waals surface area (Å²) in [5.41, 5.74) is 4.60. The molecule has 1 aliphatic carbocycles. The van der Waals surface area contributed by atoms with Crippen molar-refractivity contribution < 1.29 is 9.53 Å². The van der Waals surface area contributed by atoms with Crippen LogP contribution in [0.25, 0.3) is 0 Å². The van der Waals surface area contributed by atoms with E-state index < -0.39 is 6.09 Å². The SMILES string of the molecule is CC(C)c1ccc(NC(=O)Oc2ccc3c(c2)CCN3CC2CCCCC2)cc1. The molecule has 1 N–H and O–H groups in total. The Morgan fingerprint density at radius 2 is 1.86 bits per heavy atom. The smallest absolute Gasteiger partial charge is 0.410 e. The molecule has 2 aromatic rings. The molecule has 1 saturated carbocycles. The van der Waals surface area contributed by atoms with Crippen LogP contribution in [-0.4, -0.2) is 19.2 Å². The number of hydrogen-bond donors (Lipinski definition) is 1. The molecule has 154 valence electrons. The molecule has 0 unspecified atom stereocenters. The summed E-state index contributed by atoms with van der Waals surface area (Å²) in [4.78, 5) is 14.8. The van der Waals surface area contributed by atoms with Crippen molar-refractivity contribution >= 4 is 17.5 Å². The number of nitrogens with one attached hydrogen (secondary N) is 1. The Labute approximate surface area is 174 Å². The first-order valence-corrected chi connectivity index (χ1v) is 11.0. The van der Waals surface area contributed by atoms with Gasteiger partial charge in [0.15, 0.2) is 0 Å². The second-order valence-electron chi connectivity index (χ2n) is 8.78. The van der Waals surface area contributed by atoms with E-state index >= 15 is 0 Å². The molecule has 0 atom stereocenters. The van der Waals surface area contributed by atoms with Crippen LogP contribution in [0.15, 0.2) is 42.5 Å². The Morgan fingerprint density at radius 1 is 1.10 bits per heavy atom. The predicted octanol–water partition coefficient (Wildman–Crippen LogP) is 6.36. The van der Waals surface area contributed by atoms with Gasteiger partial charge in [-0.2, -0.15) is 0 Å². The largest absolute Gasteiger partial charge is 0.417 e. The van der Waals surface area contributed by atoms with E-state index in [4.69, 9.17) is 4.74 Å². The topological polar surface area (TPSA) is 41.6 Å². The fourth-order valence-electron chi connectivity index (χ4n) is 4.58. The number of carbonyl (C=O) groups is 1. The first-order chi connectivity index (χ1) is 14.1. The Balaban J connectivity index is 1.34. The van der Waals surface area contributed by atoms with E-state index in [2.05, 4.69) is 30.1 Å². The third-order valence-corrected chi connectivity index (χ3v) is 6.28. The van der Waals surface area contributed by atoms with Crippen molar-refractivity contribution in [2.75, 3.05) is 23.3 Å². The molecular formula is C25H32N2O2. The Morgan fingerprint density at radius 3 is 2.59 bits per heavy atom. The molecule has 4 rings (SSSR count). The van der Waals surface area contributed by atoms with Gasteiger partial charge in [-0.05, 0) is 72.6 Å². The molecule has 4 heteroatoms. The van der Waals surface area contributed by atoms with E-state index in [0.29, 0.717) is 11.7 Å². The summed E-state index contributed by atoms with van der Waals surface area (Å²) in [6.45, 7) is 6.55. The van der Waals surface area contributed by atoms with Crippen LogP contribution in [0.4, 0.5) is 16.2 Å². The van der Waals surface area contributed by atoms with Gasteiger partial charge in [0.25, 0.3) is 0 Å². The fraction of sp³-hybridized carbons (Fsp3) is 0.480. The highest BCUT2D eigenvalue weighted by atomic mass is 16.6. The standard InChI is InChI=1S/C25H32N2O2/c1-18(2)20-8-10-22(11-9-20)26-25(28)29-23-12-13-24-21(16-23)14-15-27(24)17-19-6-4-3-5-7-19/h8-13,16,18-19H,3-7,14-15,17H2,1-2H3,(H,26,28). The molecule has 29 heavy (non-hydrogen) atoms. The number of anilines is 2. The zero-order chi connectivity index (χ0) is 20.2. The number of amides is 1. The number of fused-ring (bicyclic) bond motifs is 1. The molecule has 0 bridgehead atoms. The maximum absolute atomic E-state index is 12.3. The highest BCUT2D eigenvalue weighted by Gasteiger charge is 2.24. The van der Waals surface area contributed by atoms with Gasteiger partial charge < -0.3 is 9.64 Å². The van der Waals surface area contributed by atoms with Crippen LogP contribution in [0.2, 0.25) is 0 Å². The van der Waals surface area contributed by atoms with Gasteiger partial charge in [-0.1, -0.05) is 45.2 Å². The summed E-state index contributed by atoms with van der Waals surface area (Å²) in [6.07, 6.45) is 7.48. The van der Waals surface area contributed by atoms with Gasteiger partial charge in [-0.15, -0.1) is 0 Å². The van der Waals surface area contributed by atoms with Crippen molar-refractivity contribution in [3.63, 3.8) is 0 Å². The monoisotopic (exact) mass is 392 g/mol. The average molecular weight is 393 g/mol. The molecule has 0 spiro atoms. The number of nitrogens with zero attached hydrogens (tertiary/aromatic N) is 1. The number of ether oxygens (including phenoxy) is 1. The van der Waals surface area contributed by atoms with E-state index in [1.165, 1.54) is 55.5 Å². The zero-order valence-corrected chi connectivity index (χ0v) is 17.6. The highest BCUT2D eigenvalue weighted by Crippen LogP contribution is 2.34. The first kappa shape index (κ1) is 19.8. The molecule has 2 aliphatic rings. The van der Waals surface area contributed by atoms with Crippen LogP contribution < -0.4 is 15.0 Å². The van der Waals surface area contributed by atoms with Gasteiger partial charge in [0.05, 0.1) is 0 Å².